The number of nitro groups is 1. The molecule has 0 aliphatic carbocycles. The van der Waals surface area contributed by atoms with E-state index in [-0.39, 0.29) is 11.3 Å². The van der Waals surface area contributed by atoms with Gasteiger partial charge in [-0.1, -0.05) is 12.1 Å². The molecule has 7 heteroatoms. The van der Waals surface area contributed by atoms with Gasteiger partial charge in [-0.15, -0.1) is 0 Å². The van der Waals surface area contributed by atoms with Gasteiger partial charge in [0.05, 0.1) is 22.8 Å². The second-order valence-electron chi connectivity index (χ2n) is 5.25. The highest BCUT2D eigenvalue weighted by molar-refractivity contribution is 5.65. The van der Waals surface area contributed by atoms with Crippen LogP contribution in [0.15, 0.2) is 60.9 Å². The van der Waals surface area contributed by atoms with Gasteiger partial charge in [0.2, 0.25) is 0 Å². The average Bonchev–Trinajstić information content (AvgIpc) is 2.68. The predicted molar refractivity (Wildman–Crippen MR) is 92.3 cm³/mol. The van der Waals surface area contributed by atoms with Crippen LogP contribution in [0.3, 0.4) is 0 Å². The molecule has 0 bridgehead atoms. The van der Waals surface area contributed by atoms with E-state index in [1.165, 1.54) is 24.4 Å². The number of nitrogens with zero attached hydrogens (tertiary/aromatic N) is 4. The van der Waals surface area contributed by atoms with Crippen molar-refractivity contribution >= 4 is 5.69 Å². The van der Waals surface area contributed by atoms with Crippen molar-refractivity contribution in [3.05, 3.63) is 82.2 Å². The van der Waals surface area contributed by atoms with E-state index in [9.17, 15) is 10.1 Å². The monoisotopic (exact) mass is 342 g/mol. The van der Waals surface area contributed by atoms with Gasteiger partial charge >= 0.3 is 0 Å². The van der Waals surface area contributed by atoms with Crippen molar-refractivity contribution in [2.75, 3.05) is 0 Å². The van der Waals surface area contributed by atoms with Gasteiger partial charge in [-0.3, -0.25) is 15.1 Å². The van der Waals surface area contributed by atoms with Crippen LogP contribution in [0, 0.1) is 32.8 Å². The number of nitriles is 2. The third-order valence-electron chi connectivity index (χ3n) is 3.58. The molecule has 0 unspecified atom stereocenters. The number of aromatic nitrogens is 1. The summed E-state index contributed by atoms with van der Waals surface area (Å²) in [5, 5.41) is 28.8. The normalized spacial score (nSPS) is 9.77. The fourth-order valence-corrected chi connectivity index (χ4v) is 2.33. The average molecular weight is 342 g/mol. The van der Waals surface area contributed by atoms with Gasteiger partial charge in [-0.05, 0) is 29.8 Å². The Morgan fingerprint density at radius 2 is 1.69 bits per heavy atom. The lowest BCUT2D eigenvalue weighted by Crippen LogP contribution is -1.93. The first-order valence-electron chi connectivity index (χ1n) is 7.42. The molecular weight excluding hydrogens is 332 g/mol. The minimum atomic E-state index is -0.616. The summed E-state index contributed by atoms with van der Waals surface area (Å²) < 4.78 is 5.67. The van der Waals surface area contributed by atoms with Crippen molar-refractivity contribution in [2.45, 2.75) is 0 Å². The first-order chi connectivity index (χ1) is 12.6. The molecule has 0 saturated heterocycles. The first kappa shape index (κ1) is 16.6. The van der Waals surface area contributed by atoms with Crippen molar-refractivity contribution < 1.29 is 9.66 Å². The van der Waals surface area contributed by atoms with Gasteiger partial charge in [-0.25, -0.2) is 0 Å². The molecule has 0 spiro atoms. The highest BCUT2D eigenvalue weighted by Crippen LogP contribution is 2.29. The third-order valence-corrected chi connectivity index (χ3v) is 3.58. The lowest BCUT2D eigenvalue weighted by Gasteiger charge is -2.08. The van der Waals surface area contributed by atoms with Gasteiger partial charge in [0.25, 0.3) is 5.69 Å². The Balaban J connectivity index is 1.88. The highest BCUT2D eigenvalue weighted by atomic mass is 16.6. The van der Waals surface area contributed by atoms with E-state index >= 15 is 0 Å². The summed E-state index contributed by atoms with van der Waals surface area (Å²) in [5.41, 5.74) is 1.86. The van der Waals surface area contributed by atoms with Crippen molar-refractivity contribution in [2.24, 2.45) is 0 Å². The maximum absolute atomic E-state index is 10.9. The number of pyridine rings is 1. The van der Waals surface area contributed by atoms with E-state index in [1.807, 2.05) is 0 Å². The second-order valence-corrected chi connectivity index (χ2v) is 5.25. The van der Waals surface area contributed by atoms with E-state index in [2.05, 4.69) is 11.1 Å². The van der Waals surface area contributed by atoms with Gasteiger partial charge in [0, 0.05) is 23.9 Å². The van der Waals surface area contributed by atoms with Crippen LogP contribution >= 0.6 is 0 Å². The van der Waals surface area contributed by atoms with Crippen LogP contribution in [-0.4, -0.2) is 9.91 Å². The van der Waals surface area contributed by atoms with Crippen molar-refractivity contribution in [3.8, 4) is 34.8 Å². The Morgan fingerprint density at radius 3 is 2.35 bits per heavy atom. The van der Waals surface area contributed by atoms with Crippen LogP contribution < -0.4 is 4.74 Å². The summed E-state index contributed by atoms with van der Waals surface area (Å²) in [6.45, 7) is 0. The number of benzene rings is 2. The second kappa shape index (κ2) is 7.12. The van der Waals surface area contributed by atoms with Crippen molar-refractivity contribution in [1.82, 2.24) is 4.98 Å². The van der Waals surface area contributed by atoms with Crippen LogP contribution in [0.2, 0.25) is 0 Å². The number of ether oxygens (including phenoxy) is 1. The molecule has 0 saturated carbocycles. The zero-order chi connectivity index (χ0) is 18.5. The lowest BCUT2D eigenvalue weighted by atomic mass is 10.1. The Hall–Kier alpha value is -4.23. The molecule has 0 fully saturated rings. The molecule has 3 aromatic rings. The minimum Gasteiger partial charge on any atom is -0.456 e. The fraction of sp³-hybridized carbons (Fsp3) is 0. The van der Waals surface area contributed by atoms with Gasteiger partial charge in [0.1, 0.15) is 23.1 Å². The molecule has 2 aromatic carbocycles. The molecule has 3 rings (SSSR count). The smallest absolute Gasteiger partial charge is 0.287 e. The molecule has 0 aliphatic rings. The van der Waals surface area contributed by atoms with E-state index in [0.717, 1.165) is 11.1 Å². The molecule has 0 atom stereocenters. The summed E-state index contributed by atoms with van der Waals surface area (Å²) in [5.74, 6) is 0.718. The summed E-state index contributed by atoms with van der Waals surface area (Å²) in [6.07, 6.45) is 3.16. The fourth-order valence-electron chi connectivity index (χ4n) is 2.33. The Kier molecular flexibility index (Phi) is 4.55. The summed E-state index contributed by atoms with van der Waals surface area (Å²) in [4.78, 5) is 14.4. The Labute approximate surface area is 148 Å². The zero-order valence-electron chi connectivity index (χ0n) is 13.3. The van der Waals surface area contributed by atoms with Crippen LogP contribution in [-0.2, 0) is 0 Å². The predicted octanol–water partition coefficient (Wildman–Crippen LogP) is 4.19. The summed E-state index contributed by atoms with van der Waals surface area (Å²) >= 11 is 0. The molecule has 1 aromatic heterocycles. The van der Waals surface area contributed by atoms with Crippen LogP contribution in [0.1, 0.15) is 11.1 Å². The molecule has 1 heterocycles. The maximum Gasteiger partial charge on any atom is 0.287 e. The standard InChI is InChI=1S/C19H10N4O3/c20-9-13-1-3-14(4-2-13)16-8-18(12-22-11-16)26-17-5-6-19(23(24)25)15(7-17)10-21/h1-8,11-12H. The minimum absolute atomic E-state index is 0.0799. The molecule has 0 radical (unpaired) electrons. The van der Waals surface area contributed by atoms with Crippen LogP contribution in [0.5, 0.6) is 11.5 Å². The van der Waals surface area contributed by atoms with Gasteiger partial charge in [-0.2, -0.15) is 10.5 Å². The van der Waals surface area contributed by atoms with Gasteiger partial charge in [0.15, 0.2) is 0 Å². The SMILES string of the molecule is N#Cc1ccc(-c2cncc(Oc3ccc([N+](=O)[O-])c(C#N)c3)c2)cc1. The molecular formula is C19H10N4O3. The number of nitro benzene ring substituents is 1. The first-order valence-corrected chi connectivity index (χ1v) is 7.42. The lowest BCUT2D eigenvalue weighted by molar-refractivity contribution is -0.385. The van der Waals surface area contributed by atoms with Crippen molar-refractivity contribution in [3.63, 3.8) is 0 Å². The highest BCUT2D eigenvalue weighted by Gasteiger charge is 2.14. The Morgan fingerprint density at radius 1 is 0.923 bits per heavy atom. The molecule has 26 heavy (non-hydrogen) atoms. The number of hydrogen-bond acceptors (Lipinski definition) is 6. The van der Waals surface area contributed by atoms with Crippen LogP contribution in [0.4, 0.5) is 5.69 Å². The van der Waals surface area contributed by atoms with E-state index in [0.29, 0.717) is 17.1 Å². The molecule has 7 nitrogen and oxygen atoms in total. The number of rotatable bonds is 4. The summed E-state index contributed by atoms with van der Waals surface area (Å²) in [6, 6.07) is 16.6. The molecule has 124 valence electrons. The van der Waals surface area contributed by atoms with Crippen molar-refractivity contribution in [1.29, 1.82) is 10.5 Å². The topological polar surface area (TPSA) is 113 Å². The van der Waals surface area contributed by atoms with Gasteiger partial charge < -0.3 is 4.74 Å². The van der Waals surface area contributed by atoms with E-state index in [1.54, 1.807) is 42.6 Å². The van der Waals surface area contributed by atoms with Crippen LogP contribution in [0.25, 0.3) is 11.1 Å². The quantitative estimate of drug-likeness (QED) is 0.519. The number of hydrogen-bond donors (Lipinski definition) is 0. The molecule has 0 aliphatic heterocycles. The van der Waals surface area contributed by atoms with E-state index < -0.39 is 4.92 Å². The molecule has 0 amide bonds. The van der Waals surface area contributed by atoms with E-state index in [4.69, 9.17) is 15.3 Å². The zero-order valence-corrected chi connectivity index (χ0v) is 13.3. The largest absolute Gasteiger partial charge is 0.456 e. The maximum atomic E-state index is 10.9. The molecule has 0 N–H and O–H groups in total. The Bertz CT molecular complexity index is 1060. The third kappa shape index (κ3) is 3.48. The summed E-state index contributed by atoms with van der Waals surface area (Å²) in [7, 11) is 0.